The Morgan fingerprint density at radius 2 is 2.19 bits per heavy atom. The monoisotopic (exact) mass is 348 g/mol. The fourth-order valence-corrected chi connectivity index (χ4v) is 3.89. The van der Waals surface area contributed by atoms with E-state index in [1.807, 2.05) is 13.8 Å². The summed E-state index contributed by atoms with van der Waals surface area (Å²) >= 11 is 0. The summed E-state index contributed by atoms with van der Waals surface area (Å²) < 4.78 is 5.30. The Balaban J connectivity index is 1.82. The highest BCUT2D eigenvalue weighted by Gasteiger charge is 2.19. The lowest BCUT2D eigenvalue weighted by Gasteiger charge is -2.18. The van der Waals surface area contributed by atoms with Crippen LogP contribution in [-0.4, -0.2) is 22.5 Å². The Morgan fingerprint density at radius 3 is 2.96 bits per heavy atom. The van der Waals surface area contributed by atoms with Gasteiger partial charge in [0.2, 0.25) is 0 Å². The molecule has 0 aliphatic heterocycles. The smallest absolute Gasteiger partial charge is 0.357 e. The van der Waals surface area contributed by atoms with Gasteiger partial charge in [0, 0.05) is 16.3 Å². The number of pyridine rings is 1. The molecule has 4 heteroatoms. The minimum Gasteiger partial charge on any atom is -0.461 e. The molecule has 2 heterocycles. The van der Waals surface area contributed by atoms with E-state index in [2.05, 4.69) is 40.3 Å². The van der Waals surface area contributed by atoms with E-state index in [-0.39, 0.29) is 5.97 Å². The van der Waals surface area contributed by atoms with Gasteiger partial charge in [0.15, 0.2) is 5.69 Å². The molecule has 2 aromatic heterocycles. The third-order valence-electron chi connectivity index (χ3n) is 5.28. The number of aromatic nitrogens is 2. The van der Waals surface area contributed by atoms with Crippen molar-refractivity contribution in [1.82, 2.24) is 9.97 Å². The Labute approximate surface area is 153 Å². The molecule has 0 bridgehead atoms. The summed E-state index contributed by atoms with van der Waals surface area (Å²) in [7, 11) is 0. The second kappa shape index (κ2) is 6.94. The van der Waals surface area contributed by atoms with Gasteiger partial charge < -0.3 is 9.72 Å². The average molecular weight is 348 g/mol. The molecular weight excluding hydrogens is 324 g/mol. The number of carbonyl (C=O) groups is 1. The maximum Gasteiger partial charge on any atom is 0.357 e. The molecular formula is C22H24N2O2. The van der Waals surface area contributed by atoms with Crippen LogP contribution in [0.1, 0.15) is 60.1 Å². The standard InChI is InChI=1S/C22H24N2O2/c1-3-11-26-22(25)21-14(2)20-17-12-16(15-7-5-4-6-8-15)9-10-18(17)24-19(20)13-23-21/h4-5,9-10,12-13,15,24H,3,6-8,11H2,1-2H3. The third kappa shape index (κ3) is 2.90. The molecule has 1 N–H and O–H groups in total. The van der Waals surface area contributed by atoms with E-state index in [0.717, 1.165) is 46.6 Å². The summed E-state index contributed by atoms with van der Waals surface area (Å²) in [6.45, 7) is 4.37. The number of aryl methyl sites for hydroxylation is 1. The van der Waals surface area contributed by atoms with Crippen molar-refractivity contribution in [2.45, 2.75) is 45.4 Å². The first kappa shape index (κ1) is 16.8. The van der Waals surface area contributed by atoms with E-state index in [9.17, 15) is 4.79 Å². The Morgan fingerprint density at radius 1 is 1.31 bits per heavy atom. The topological polar surface area (TPSA) is 55.0 Å². The van der Waals surface area contributed by atoms with E-state index in [0.29, 0.717) is 18.2 Å². The molecule has 0 radical (unpaired) electrons. The van der Waals surface area contributed by atoms with Crippen LogP contribution in [0.5, 0.6) is 0 Å². The van der Waals surface area contributed by atoms with E-state index >= 15 is 0 Å². The number of nitrogens with zero attached hydrogens (tertiary/aromatic N) is 1. The summed E-state index contributed by atoms with van der Waals surface area (Å²) in [5.74, 6) is 0.236. The van der Waals surface area contributed by atoms with Gasteiger partial charge in [-0.25, -0.2) is 9.78 Å². The molecule has 0 saturated carbocycles. The van der Waals surface area contributed by atoms with Gasteiger partial charge in [-0.05, 0) is 61.8 Å². The predicted octanol–water partition coefficient (Wildman–Crippen LogP) is 5.42. The highest BCUT2D eigenvalue weighted by Crippen LogP contribution is 2.35. The number of H-pyrrole nitrogens is 1. The molecule has 0 saturated heterocycles. The number of rotatable bonds is 4. The number of aromatic amines is 1. The third-order valence-corrected chi connectivity index (χ3v) is 5.28. The van der Waals surface area contributed by atoms with Gasteiger partial charge in [-0.1, -0.05) is 25.1 Å². The van der Waals surface area contributed by atoms with Crippen molar-refractivity contribution < 1.29 is 9.53 Å². The zero-order valence-electron chi connectivity index (χ0n) is 15.3. The molecule has 1 unspecified atom stereocenters. The lowest BCUT2D eigenvalue weighted by Crippen LogP contribution is -2.10. The number of ether oxygens (including phenoxy) is 1. The van der Waals surface area contributed by atoms with Crippen molar-refractivity contribution in [1.29, 1.82) is 0 Å². The number of nitrogens with one attached hydrogen (secondary N) is 1. The molecule has 0 amide bonds. The van der Waals surface area contributed by atoms with Crippen molar-refractivity contribution in [3.05, 3.63) is 53.4 Å². The Hall–Kier alpha value is -2.62. The second-order valence-corrected chi connectivity index (χ2v) is 7.07. The Bertz CT molecular complexity index is 1000. The predicted molar refractivity (Wildman–Crippen MR) is 105 cm³/mol. The van der Waals surface area contributed by atoms with Gasteiger partial charge in [-0.3, -0.25) is 0 Å². The first-order valence-corrected chi connectivity index (χ1v) is 9.42. The molecule has 26 heavy (non-hydrogen) atoms. The van der Waals surface area contributed by atoms with Gasteiger partial charge >= 0.3 is 5.97 Å². The summed E-state index contributed by atoms with van der Waals surface area (Å²) in [6.07, 6.45) is 10.5. The number of allylic oxidation sites excluding steroid dienone is 2. The van der Waals surface area contributed by atoms with Crippen LogP contribution in [0.25, 0.3) is 21.8 Å². The van der Waals surface area contributed by atoms with Crippen molar-refractivity contribution >= 4 is 27.8 Å². The summed E-state index contributed by atoms with van der Waals surface area (Å²) in [5.41, 5.74) is 4.71. The van der Waals surface area contributed by atoms with Gasteiger partial charge in [-0.2, -0.15) is 0 Å². The quantitative estimate of drug-likeness (QED) is 0.506. The van der Waals surface area contributed by atoms with Crippen molar-refractivity contribution in [2.75, 3.05) is 6.61 Å². The lowest BCUT2D eigenvalue weighted by molar-refractivity contribution is 0.0497. The highest BCUT2D eigenvalue weighted by atomic mass is 16.5. The molecule has 0 spiro atoms. The van der Waals surface area contributed by atoms with Gasteiger partial charge in [0.25, 0.3) is 0 Å². The van der Waals surface area contributed by atoms with Gasteiger partial charge in [-0.15, -0.1) is 0 Å². The SMILES string of the molecule is CCCOC(=O)c1ncc2[nH]c3ccc(C4CC=CCC4)cc3c2c1C. The van der Waals surface area contributed by atoms with E-state index < -0.39 is 0 Å². The van der Waals surface area contributed by atoms with Crippen LogP contribution in [0, 0.1) is 6.92 Å². The normalized spacial score (nSPS) is 17.1. The molecule has 1 aromatic carbocycles. The molecule has 1 aliphatic carbocycles. The number of carbonyl (C=O) groups excluding carboxylic acids is 1. The van der Waals surface area contributed by atoms with Crippen LogP contribution >= 0.6 is 0 Å². The number of hydrogen-bond acceptors (Lipinski definition) is 3. The lowest BCUT2D eigenvalue weighted by atomic mass is 9.87. The average Bonchev–Trinajstić information content (AvgIpc) is 3.05. The Kier molecular flexibility index (Phi) is 4.49. The fourth-order valence-electron chi connectivity index (χ4n) is 3.89. The number of fused-ring (bicyclic) bond motifs is 3. The number of benzene rings is 1. The maximum absolute atomic E-state index is 12.3. The largest absolute Gasteiger partial charge is 0.461 e. The molecule has 3 aromatic rings. The van der Waals surface area contributed by atoms with E-state index in [1.54, 1.807) is 6.20 Å². The van der Waals surface area contributed by atoms with Gasteiger partial charge in [0.05, 0.1) is 18.3 Å². The van der Waals surface area contributed by atoms with Crippen LogP contribution in [0.2, 0.25) is 0 Å². The van der Waals surface area contributed by atoms with Crippen LogP contribution in [0.4, 0.5) is 0 Å². The number of esters is 1. The second-order valence-electron chi connectivity index (χ2n) is 7.07. The van der Waals surface area contributed by atoms with Crippen LogP contribution in [-0.2, 0) is 4.74 Å². The molecule has 4 nitrogen and oxygen atoms in total. The van der Waals surface area contributed by atoms with Crippen LogP contribution in [0.3, 0.4) is 0 Å². The van der Waals surface area contributed by atoms with Crippen LogP contribution < -0.4 is 0 Å². The minimum absolute atomic E-state index is 0.339. The maximum atomic E-state index is 12.3. The summed E-state index contributed by atoms with van der Waals surface area (Å²) in [6, 6.07) is 6.66. The molecule has 1 atom stereocenters. The van der Waals surface area contributed by atoms with E-state index in [4.69, 9.17) is 4.74 Å². The summed E-state index contributed by atoms with van der Waals surface area (Å²) in [4.78, 5) is 20.1. The highest BCUT2D eigenvalue weighted by molar-refractivity contribution is 6.11. The molecule has 4 rings (SSSR count). The fraction of sp³-hybridized carbons (Fsp3) is 0.364. The molecule has 1 aliphatic rings. The first-order chi connectivity index (χ1) is 12.7. The molecule has 134 valence electrons. The van der Waals surface area contributed by atoms with Crippen molar-refractivity contribution in [3.63, 3.8) is 0 Å². The van der Waals surface area contributed by atoms with Crippen LogP contribution in [0.15, 0.2) is 36.5 Å². The zero-order valence-corrected chi connectivity index (χ0v) is 15.3. The van der Waals surface area contributed by atoms with Crippen molar-refractivity contribution in [3.8, 4) is 0 Å². The van der Waals surface area contributed by atoms with E-state index in [1.165, 1.54) is 12.0 Å². The molecule has 0 fully saturated rings. The van der Waals surface area contributed by atoms with Crippen molar-refractivity contribution in [2.24, 2.45) is 0 Å². The summed E-state index contributed by atoms with van der Waals surface area (Å²) in [5, 5.41) is 2.24. The number of hydrogen-bond donors (Lipinski definition) is 1. The first-order valence-electron chi connectivity index (χ1n) is 9.42. The zero-order chi connectivity index (χ0) is 18.1. The minimum atomic E-state index is -0.339. The van der Waals surface area contributed by atoms with Gasteiger partial charge in [0.1, 0.15) is 0 Å².